The maximum absolute atomic E-state index is 4.90. The summed E-state index contributed by atoms with van der Waals surface area (Å²) in [6, 6.07) is 12.5. The lowest BCUT2D eigenvalue weighted by molar-refractivity contribution is 0.530. The molecule has 4 rings (SSSR count). The first-order chi connectivity index (χ1) is 16.3. The summed E-state index contributed by atoms with van der Waals surface area (Å²) in [4.78, 5) is 9.37. The second-order valence-corrected chi connectivity index (χ2v) is 8.35. The molecule has 3 heterocycles. The predicted octanol–water partition coefficient (Wildman–Crippen LogP) is 5.03. The van der Waals surface area contributed by atoms with Crippen LogP contribution in [0, 0.1) is 0 Å². The lowest BCUT2D eigenvalue weighted by atomic mass is 10.0. The summed E-state index contributed by atoms with van der Waals surface area (Å²) in [7, 11) is 0. The number of benzene rings is 1. The summed E-state index contributed by atoms with van der Waals surface area (Å²) in [6.45, 7) is 5.39. The maximum atomic E-state index is 4.90. The van der Waals surface area contributed by atoms with Gasteiger partial charge in [-0.1, -0.05) is 69.9 Å². The highest BCUT2D eigenvalue weighted by molar-refractivity contribution is 5.77. The van der Waals surface area contributed by atoms with Crippen molar-refractivity contribution in [3.05, 3.63) is 59.8 Å². The predicted molar refractivity (Wildman–Crippen MR) is 128 cm³/mol. The third-order valence-corrected chi connectivity index (χ3v) is 5.77. The van der Waals surface area contributed by atoms with E-state index in [0.717, 1.165) is 60.7 Å². The smallest absolute Gasteiger partial charge is 0.198 e. The number of hydrogen-bond acceptors (Lipinski definition) is 6. The molecule has 1 N–H and O–H groups in total. The van der Waals surface area contributed by atoms with Crippen LogP contribution in [0.1, 0.15) is 69.6 Å². The van der Waals surface area contributed by atoms with Crippen molar-refractivity contribution in [3.8, 4) is 22.6 Å². The van der Waals surface area contributed by atoms with E-state index in [0.29, 0.717) is 5.82 Å². The molecule has 0 spiro atoms. The summed E-state index contributed by atoms with van der Waals surface area (Å²) in [6.07, 6.45) is 10.6. The van der Waals surface area contributed by atoms with E-state index in [-0.39, 0.29) is 0 Å². The first-order valence-corrected chi connectivity index (χ1v) is 12.0. The molecule has 3 aromatic heterocycles. The van der Waals surface area contributed by atoms with Crippen LogP contribution in [0.2, 0.25) is 0 Å². The number of nitrogens with one attached hydrogen (secondary N) is 1. The Hall–Kier alpha value is -3.42. The number of nitrogens with zero attached hydrogens (tertiary/aromatic N) is 7. The Bertz CT molecular complexity index is 1120. The second kappa shape index (κ2) is 11.4. The van der Waals surface area contributed by atoms with Crippen LogP contribution in [-0.4, -0.2) is 40.4 Å². The SMILES string of the molecule is CCCCCc1nc(Cc2ccc(-c3cccnc3-c3nnn[nH]3)cc2)n(CCCCC)n1. The molecule has 0 radical (unpaired) electrons. The topological polar surface area (TPSA) is 98.1 Å². The van der Waals surface area contributed by atoms with E-state index in [9.17, 15) is 0 Å². The van der Waals surface area contributed by atoms with E-state index in [1.165, 1.54) is 31.2 Å². The highest BCUT2D eigenvalue weighted by Crippen LogP contribution is 2.28. The van der Waals surface area contributed by atoms with E-state index < -0.39 is 0 Å². The molecule has 0 atom stereocenters. The Kier molecular flexibility index (Phi) is 7.90. The van der Waals surface area contributed by atoms with Gasteiger partial charge in [0.1, 0.15) is 11.5 Å². The zero-order valence-electron chi connectivity index (χ0n) is 19.5. The zero-order chi connectivity index (χ0) is 22.9. The lowest BCUT2D eigenvalue weighted by Crippen LogP contribution is -2.07. The van der Waals surface area contributed by atoms with E-state index >= 15 is 0 Å². The van der Waals surface area contributed by atoms with Gasteiger partial charge in [-0.25, -0.2) is 14.8 Å². The number of rotatable bonds is 12. The summed E-state index contributed by atoms with van der Waals surface area (Å²) < 4.78 is 2.13. The molecular formula is C25H32N8. The van der Waals surface area contributed by atoms with Gasteiger partial charge in [0.2, 0.25) is 0 Å². The molecule has 0 amide bonds. The minimum atomic E-state index is 0.561. The van der Waals surface area contributed by atoms with Gasteiger partial charge in [0.05, 0.1) is 0 Å². The number of aromatic nitrogens is 8. The van der Waals surface area contributed by atoms with Gasteiger partial charge in [-0.3, -0.25) is 4.98 Å². The first-order valence-electron chi connectivity index (χ1n) is 12.0. The molecule has 0 saturated heterocycles. The molecule has 0 aliphatic heterocycles. The molecule has 1 aromatic carbocycles. The fraction of sp³-hybridized carbons (Fsp3) is 0.440. The van der Waals surface area contributed by atoms with Gasteiger partial charge in [-0.05, 0) is 40.5 Å². The number of aryl methyl sites for hydroxylation is 2. The van der Waals surface area contributed by atoms with E-state index in [2.05, 4.69) is 68.4 Å². The van der Waals surface area contributed by atoms with Gasteiger partial charge in [0.25, 0.3) is 0 Å². The molecular weight excluding hydrogens is 412 g/mol. The fourth-order valence-electron chi connectivity index (χ4n) is 3.96. The minimum absolute atomic E-state index is 0.561. The summed E-state index contributed by atoms with van der Waals surface area (Å²) in [5, 5.41) is 19.0. The molecule has 0 saturated carbocycles. The molecule has 0 unspecified atom stereocenters. The minimum Gasteiger partial charge on any atom is -0.252 e. The van der Waals surface area contributed by atoms with Gasteiger partial charge >= 0.3 is 0 Å². The third-order valence-electron chi connectivity index (χ3n) is 5.77. The van der Waals surface area contributed by atoms with Crippen molar-refractivity contribution >= 4 is 0 Å². The van der Waals surface area contributed by atoms with E-state index in [4.69, 9.17) is 10.1 Å². The molecule has 8 heteroatoms. The Morgan fingerprint density at radius 1 is 0.939 bits per heavy atom. The maximum Gasteiger partial charge on any atom is 0.198 e. The fourth-order valence-corrected chi connectivity index (χ4v) is 3.96. The van der Waals surface area contributed by atoms with Crippen molar-refractivity contribution in [2.24, 2.45) is 0 Å². The van der Waals surface area contributed by atoms with Crippen molar-refractivity contribution in [1.82, 2.24) is 40.4 Å². The molecule has 0 aliphatic rings. The Morgan fingerprint density at radius 3 is 2.52 bits per heavy atom. The molecule has 8 nitrogen and oxygen atoms in total. The third kappa shape index (κ3) is 5.88. The van der Waals surface area contributed by atoms with Crippen LogP contribution in [0.4, 0.5) is 0 Å². The van der Waals surface area contributed by atoms with Crippen molar-refractivity contribution < 1.29 is 0 Å². The summed E-state index contributed by atoms with van der Waals surface area (Å²) in [5.41, 5.74) is 4.02. The van der Waals surface area contributed by atoms with Gasteiger partial charge in [0.15, 0.2) is 11.6 Å². The Morgan fingerprint density at radius 2 is 1.76 bits per heavy atom. The normalized spacial score (nSPS) is 11.2. The van der Waals surface area contributed by atoms with Crippen LogP contribution in [0.15, 0.2) is 42.6 Å². The monoisotopic (exact) mass is 444 g/mol. The van der Waals surface area contributed by atoms with Crippen molar-refractivity contribution in [1.29, 1.82) is 0 Å². The van der Waals surface area contributed by atoms with Crippen LogP contribution < -0.4 is 0 Å². The van der Waals surface area contributed by atoms with E-state index in [1.807, 2.05) is 12.1 Å². The number of aromatic amines is 1. The lowest BCUT2D eigenvalue weighted by Gasteiger charge is -2.08. The Balaban J connectivity index is 1.52. The molecule has 0 aliphatic carbocycles. The number of pyridine rings is 1. The number of hydrogen-bond donors (Lipinski definition) is 1. The number of tetrazole rings is 1. The number of unbranched alkanes of at least 4 members (excludes halogenated alkanes) is 4. The first kappa shape index (κ1) is 22.8. The van der Waals surface area contributed by atoms with Gasteiger partial charge < -0.3 is 0 Å². The average molecular weight is 445 g/mol. The van der Waals surface area contributed by atoms with Crippen LogP contribution in [0.25, 0.3) is 22.6 Å². The van der Waals surface area contributed by atoms with Crippen LogP contribution >= 0.6 is 0 Å². The summed E-state index contributed by atoms with van der Waals surface area (Å²) >= 11 is 0. The zero-order valence-corrected chi connectivity index (χ0v) is 19.5. The standard InChI is InChI=1S/C25H32N8/c1-3-5-7-11-22-27-23(33(30-22)17-8-6-4-2)18-19-12-14-20(15-13-19)21-10-9-16-26-24(21)25-28-31-32-29-25/h9-10,12-16H,3-8,11,17-18H2,1-2H3,(H,28,29,31,32). The number of H-pyrrole nitrogens is 1. The molecule has 0 bridgehead atoms. The van der Waals surface area contributed by atoms with Gasteiger partial charge in [-0.2, -0.15) is 5.10 Å². The molecule has 4 aromatic rings. The van der Waals surface area contributed by atoms with Gasteiger partial charge in [0, 0.05) is 31.1 Å². The van der Waals surface area contributed by atoms with Crippen LogP contribution in [-0.2, 0) is 19.4 Å². The van der Waals surface area contributed by atoms with Crippen molar-refractivity contribution in [2.75, 3.05) is 0 Å². The molecule has 33 heavy (non-hydrogen) atoms. The quantitative estimate of drug-likeness (QED) is 0.308. The highest BCUT2D eigenvalue weighted by atomic mass is 15.5. The summed E-state index contributed by atoms with van der Waals surface area (Å²) in [5.74, 6) is 2.60. The molecule has 0 fully saturated rings. The van der Waals surface area contributed by atoms with Crippen LogP contribution in [0.3, 0.4) is 0 Å². The molecule has 172 valence electrons. The van der Waals surface area contributed by atoms with Crippen molar-refractivity contribution in [3.63, 3.8) is 0 Å². The highest BCUT2D eigenvalue weighted by Gasteiger charge is 2.13. The Labute approximate surface area is 194 Å². The van der Waals surface area contributed by atoms with Gasteiger partial charge in [-0.15, -0.1) is 5.10 Å². The van der Waals surface area contributed by atoms with Crippen LogP contribution in [0.5, 0.6) is 0 Å². The van der Waals surface area contributed by atoms with Crippen molar-refractivity contribution in [2.45, 2.75) is 71.8 Å². The average Bonchev–Trinajstić information content (AvgIpc) is 3.51. The second-order valence-electron chi connectivity index (χ2n) is 8.35. The van der Waals surface area contributed by atoms with E-state index in [1.54, 1.807) is 6.20 Å². The largest absolute Gasteiger partial charge is 0.252 e.